The highest BCUT2D eigenvalue weighted by atomic mass is 16.8. The maximum absolute atomic E-state index is 12.0. The van der Waals surface area contributed by atoms with E-state index in [0.717, 1.165) is 13.0 Å². The molecule has 37 nitrogen and oxygen atoms in total. The van der Waals surface area contributed by atoms with Gasteiger partial charge in [0.25, 0.3) is 0 Å². The summed E-state index contributed by atoms with van der Waals surface area (Å²) < 4.78 is 82.0. The van der Waals surface area contributed by atoms with Crippen LogP contribution in [-0.2, 0) is 66.3 Å². The average molecular weight is 1260 g/mol. The Morgan fingerprint density at radius 2 is 0.465 bits per heavy atom. The molecule has 0 aliphatic carbocycles. The quantitative estimate of drug-likeness (QED) is 0.107. The highest BCUT2D eigenvalue weighted by molar-refractivity contribution is 5.02. The molecule has 500 valence electrons. The lowest BCUT2D eigenvalue weighted by Crippen LogP contribution is -2.68. The van der Waals surface area contributed by atoms with E-state index in [4.69, 9.17) is 66.3 Å². The van der Waals surface area contributed by atoms with Crippen molar-refractivity contribution in [3.05, 3.63) is 0 Å². The number of aliphatic hydroxyl groups is 20. The maximum Gasteiger partial charge on any atom is 0.187 e. The minimum Gasteiger partial charge on any atom is -0.394 e. The third-order valence-electron chi connectivity index (χ3n) is 16.9. The van der Waals surface area contributed by atoms with E-state index in [1.807, 2.05) is 4.90 Å². The normalized spacial score (nSPS) is 52.7. The molecule has 0 aromatic heterocycles. The molecule has 22 N–H and O–H groups in total. The predicted octanol–water partition coefficient (Wildman–Crippen LogP) is -15.0. The Labute approximate surface area is 490 Å². The highest BCUT2D eigenvalue weighted by Gasteiger charge is 2.59. The molecule has 0 saturated carbocycles. The molecule has 22 heterocycles. The first-order chi connectivity index (χ1) is 41.2. The van der Waals surface area contributed by atoms with Gasteiger partial charge in [-0.25, -0.2) is 0 Å². The Bertz CT molecular complexity index is 2030. The molecule has 0 radical (unpaired) electrons. The Hall–Kier alpha value is -1.48. The van der Waals surface area contributed by atoms with E-state index in [1.165, 1.54) is 0 Å². The summed E-state index contributed by atoms with van der Waals surface area (Å²) in [4.78, 5) is 1.86. The van der Waals surface area contributed by atoms with Crippen LogP contribution in [0.25, 0.3) is 0 Å². The molecule has 0 unspecified atom stereocenters. The van der Waals surface area contributed by atoms with Gasteiger partial charge in [0.2, 0.25) is 0 Å². The molecule has 22 fully saturated rings. The molecule has 86 heavy (non-hydrogen) atoms. The van der Waals surface area contributed by atoms with Gasteiger partial charge in [0.05, 0.1) is 39.6 Å². The summed E-state index contributed by atoms with van der Waals surface area (Å²) in [7, 11) is 0. The van der Waals surface area contributed by atoms with Crippen LogP contribution in [-0.4, -0.2) is 401 Å². The molecule has 0 aromatic rings. The molecule has 22 saturated heterocycles. The Balaban J connectivity index is 1.02. The largest absolute Gasteiger partial charge is 0.394 e. The zero-order valence-electron chi connectivity index (χ0n) is 46.2. The van der Waals surface area contributed by atoms with Crippen molar-refractivity contribution >= 4 is 0 Å². The van der Waals surface area contributed by atoms with Gasteiger partial charge < -0.3 is 179 Å². The van der Waals surface area contributed by atoms with Crippen molar-refractivity contribution in [2.24, 2.45) is 0 Å². The van der Waals surface area contributed by atoms with E-state index in [2.05, 4.69) is 10.6 Å². The van der Waals surface area contributed by atoms with Gasteiger partial charge in [-0.15, -0.1) is 0 Å². The summed E-state index contributed by atoms with van der Waals surface area (Å²) in [5.41, 5.74) is 0. The summed E-state index contributed by atoms with van der Waals surface area (Å²) in [6.07, 6.45) is -67.6. The molecule has 22 aliphatic rings. The maximum atomic E-state index is 12.0. The van der Waals surface area contributed by atoms with Crippen molar-refractivity contribution < 1.29 is 168 Å². The van der Waals surface area contributed by atoms with Crippen molar-refractivity contribution in [1.29, 1.82) is 0 Å². The third-order valence-corrected chi connectivity index (χ3v) is 16.9. The second kappa shape index (κ2) is 30.5. The minimum atomic E-state index is -2.20. The summed E-state index contributed by atoms with van der Waals surface area (Å²) in [5.74, 6) is 0. The van der Waals surface area contributed by atoms with Crippen LogP contribution < -0.4 is 10.6 Å². The standard InChI is InChI=1S/C49H85N3O34/c53-8-16-37-24(61)31(68)45(75-16)83-39-18(10-55)77-47(33(70)26(39)63)85-41-20(12-57)79-49(35(72)28(41)65)86-42-21(13-58)78-48(34(71)27(42)64)84-40-19(11-56)76-46(32(69)25(40)62)82-38-17(9-54)74-44(30(67)23(38)60)80-36-15(73-43(81-37)29(66)22(36)59)7-52-6-2-5-50-3-1-4-51-14-52/h15-51,53-72H,1-14H2/t15-,16-,17-,18-,19-,20-,21-,22-,23-,24-,25-,26-,27-,28-,29-,30-,31-,32-,33-,34-,35-,36-,37-,38-,39-,40-,41-,42-,43-,44-,45-,46-,47-,48-,49-/m1/s1. The van der Waals surface area contributed by atoms with Gasteiger partial charge in [-0.3, -0.25) is 4.90 Å². The van der Waals surface area contributed by atoms with Crippen molar-refractivity contribution in [2.75, 3.05) is 79.0 Å². The van der Waals surface area contributed by atoms with Gasteiger partial charge in [-0.05, 0) is 32.5 Å². The van der Waals surface area contributed by atoms with E-state index in [-0.39, 0.29) is 13.2 Å². The molecule has 0 aromatic carbocycles. The van der Waals surface area contributed by atoms with Gasteiger partial charge in [-0.1, -0.05) is 0 Å². The molecule has 22 rings (SSSR count). The van der Waals surface area contributed by atoms with Crippen molar-refractivity contribution in [3.63, 3.8) is 0 Å². The molecule has 37 heteroatoms. The van der Waals surface area contributed by atoms with E-state index >= 15 is 0 Å². The van der Waals surface area contributed by atoms with E-state index in [0.29, 0.717) is 26.1 Å². The van der Waals surface area contributed by atoms with Gasteiger partial charge in [0, 0.05) is 19.8 Å². The lowest BCUT2D eigenvalue weighted by molar-refractivity contribution is -0.396. The fourth-order valence-corrected chi connectivity index (χ4v) is 12.0. The molecule has 0 spiro atoms. The first kappa shape index (κ1) is 68.9. The fraction of sp³-hybridized carbons (Fsp3) is 1.00. The number of ether oxygens (including phenoxy) is 14. The lowest BCUT2D eigenvalue weighted by atomic mass is 9.95. The Kier molecular flexibility index (Phi) is 24.4. The molecular formula is C49H85N3O34. The summed E-state index contributed by atoms with van der Waals surface area (Å²) in [6.45, 7) is -3.71. The number of rotatable bonds is 8. The van der Waals surface area contributed by atoms with Crippen molar-refractivity contribution in [2.45, 2.75) is 228 Å². The smallest absolute Gasteiger partial charge is 0.187 e. The molecule has 22 aliphatic heterocycles. The Morgan fingerprint density at radius 1 is 0.256 bits per heavy atom. The predicted molar refractivity (Wildman–Crippen MR) is 268 cm³/mol. The van der Waals surface area contributed by atoms with Crippen LogP contribution in [0, 0.1) is 0 Å². The average Bonchev–Trinajstić information content (AvgIpc) is 2.30. The number of nitrogens with one attached hydrogen (secondary N) is 2. The first-order valence-electron chi connectivity index (χ1n) is 28.7. The monoisotopic (exact) mass is 1260 g/mol. The number of hydrogen-bond acceptors (Lipinski definition) is 37. The van der Waals surface area contributed by atoms with Crippen molar-refractivity contribution in [3.8, 4) is 0 Å². The summed E-state index contributed by atoms with van der Waals surface area (Å²) in [6, 6.07) is 0. The van der Waals surface area contributed by atoms with Crippen LogP contribution >= 0.6 is 0 Å². The summed E-state index contributed by atoms with van der Waals surface area (Å²) >= 11 is 0. The second-order valence-corrected chi connectivity index (χ2v) is 22.7. The van der Waals surface area contributed by atoms with Crippen LogP contribution in [0.4, 0.5) is 0 Å². The van der Waals surface area contributed by atoms with Gasteiger partial charge in [-0.2, -0.15) is 0 Å². The topological polar surface area (TPSA) is 561 Å². The molecular weight excluding hydrogens is 1170 g/mol. The minimum absolute atomic E-state index is 0.137. The fourth-order valence-electron chi connectivity index (χ4n) is 12.0. The van der Waals surface area contributed by atoms with Crippen LogP contribution in [0.2, 0.25) is 0 Å². The van der Waals surface area contributed by atoms with Gasteiger partial charge in [0.15, 0.2) is 44.0 Å². The van der Waals surface area contributed by atoms with Gasteiger partial charge in [0.1, 0.15) is 171 Å². The van der Waals surface area contributed by atoms with E-state index < -0.39 is 255 Å². The van der Waals surface area contributed by atoms with E-state index in [1.54, 1.807) is 0 Å². The van der Waals surface area contributed by atoms with E-state index in [9.17, 15) is 102 Å². The van der Waals surface area contributed by atoms with Crippen LogP contribution in [0.1, 0.15) is 12.8 Å². The number of aliphatic hydroxyl groups excluding tert-OH is 20. The third kappa shape index (κ3) is 14.5. The first-order valence-corrected chi connectivity index (χ1v) is 28.7. The van der Waals surface area contributed by atoms with Crippen LogP contribution in [0.3, 0.4) is 0 Å². The van der Waals surface area contributed by atoms with Crippen molar-refractivity contribution in [1.82, 2.24) is 15.5 Å². The molecule has 35 atom stereocenters. The summed E-state index contributed by atoms with van der Waals surface area (Å²) in [5, 5.41) is 231. The van der Waals surface area contributed by atoms with Crippen LogP contribution in [0.15, 0.2) is 0 Å². The SMILES string of the molecule is OC[C@H]1O[C@@H]2O[C@H]3[C@H](O)[C@@H](O)[C@@H](O[C@H]4[C@H](O)[C@@H](O)[C@@H](O[C@H]5[C@H](O)[C@@H](O)[C@@H](O[C@H]6[C@H](O)[C@@H](O)[C@@H](O[C@H]7[C@H](O)[C@@H](O)[C@@H](O[C@H]8[C@H](O)[C@@H](O)[C@@H](O[C@H]1[C@H](O)[C@H]2O)O[C@@H]8CO)O[C@@H]7CO)O[C@@H]6CO)O[C@@H]5CN1CCCNCCCNC1)O[C@@H]4CO)O[C@@H]3CO. The highest BCUT2D eigenvalue weighted by Crippen LogP contribution is 2.39. The zero-order valence-corrected chi connectivity index (χ0v) is 46.2. The molecule has 14 bridgehead atoms. The molecule has 0 amide bonds. The number of hydrogen-bond donors (Lipinski definition) is 22. The Morgan fingerprint density at radius 3 is 0.709 bits per heavy atom. The second-order valence-electron chi connectivity index (χ2n) is 22.7. The number of nitrogens with zero attached hydrogens (tertiary/aromatic N) is 1. The van der Waals surface area contributed by atoms with Gasteiger partial charge >= 0.3 is 0 Å². The zero-order chi connectivity index (χ0) is 62.0. The van der Waals surface area contributed by atoms with Crippen LogP contribution in [0.5, 0.6) is 0 Å². The lowest BCUT2D eigenvalue weighted by Gasteiger charge is -2.50.